The molecule has 29 heavy (non-hydrogen) atoms. The Balaban J connectivity index is 1.69. The van der Waals surface area contributed by atoms with Crippen LogP contribution in [0.5, 0.6) is 0 Å². The molecule has 0 aliphatic carbocycles. The maximum atomic E-state index is 13.8. The van der Waals surface area contributed by atoms with Gasteiger partial charge in [0, 0.05) is 31.3 Å². The maximum Gasteiger partial charge on any atom is 0.330 e. The molecule has 0 unspecified atom stereocenters. The molecular formula is C21H22FN3O4. The van der Waals surface area contributed by atoms with Crippen LogP contribution < -0.4 is 10.2 Å². The summed E-state index contributed by atoms with van der Waals surface area (Å²) < 4.78 is 18.4. The van der Waals surface area contributed by atoms with Crippen molar-refractivity contribution in [1.29, 1.82) is 0 Å². The van der Waals surface area contributed by atoms with E-state index in [4.69, 9.17) is 0 Å². The third kappa shape index (κ3) is 5.10. The molecule has 0 atom stereocenters. The van der Waals surface area contributed by atoms with Crippen LogP contribution in [-0.2, 0) is 9.53 Å². The number of esters is 1. The molecular weight excluding hydrogens is 377 g/mol. The Morgan fingerprint density at radius 1 is 1.28 bits per heavy atom. The van der Waals surface area contributed by atoms with E-state index in [1.165, 1.54) is 31.4 Å². The molecule has 0 saturated carbocycles. The van der Waals surface area contributed by atoms with Crippen molar-refractivity contribution in [2.75, 3.05) is 30.4 Å². The van der Waals surface area contributed by atoms with Gasteiger partial charge >= 0.3 is 5.97 Å². The van der Waals surface area contributed by atoms with Crippen molar-refractivity contribution >= 4 is 29.1 Å². The van der Waals surface area contributed by atoms with Gasteiger partial charge in [0.1, 0.15) is 11.5 Å². The number of nitrogens with one attached hydrogen (secondary N) is 1. The van der Waals surface area contributed by atoms with Crippen molar-refractivity contribution in [3.8, 4) is 0 Å². The lowest BCUT2D eigenvalue weighted by Crippen LogP contribution is -2.39. The van der Waals surface area contributed by atoms with Gasteiger partial charge in [-0.3, -0.25) is 10.1 Å². The first kappa shape index (κ1) is 20.3. The summed E-state index contributed by atoms with van der Waals surface area (Å²) in [4.78, 5) is 24.3. The number of benzene rings is 2. The Morgan fingerprint density at radius 3 is 2.66 bits per heavy atom. The van der Waals surface area contributed by atoms with E-state index in [0.29, 0.717) is 30.0 Å². The van der Waals surface area contributed by atoms with Gasteiger partial charge in [-0.25, -0.2) is 9.18 Å². The average Bonchev–Trinajstić information content (AvgIpc) is 2.74. The highest BCUT2D eigenvalue weighted by Crippen LogP contribution is 2.32. The number of ether oxygens (including phenoxy) is 1. The number of para-hydroxylation sites is 1. The molecule has 1 aliphatic rings. The van der Waals surface area contributed by atoms with Crippen molar-refractivity contribution in [3.05, 3.63) is 70.0 Å². The summed E-state index contributed by atoms with van der Waals surface area (Å²) in [5.74, 6) is -0.817. The van der Waals surface area contributed by atoms with E-state index >= 15 is 0 Å². The van der Waals surface area contributed by atoms with Crippen LogP contribution in [0.3, 0.4) is 0 Å². The minimum Gasteiger partial charge on any atom is -0.466 e. The van der Waals surface area contributed by atoms with Crippen molar-refractivity contribution < 1.29 is 18.8 Å². The number of nitro groups is 1. The first-order chi connectivity index (χ1) is 14.0. The van der Waals surface area contributed by atoms with Gasteiger partial charge in [0.25, 0.3) is 5.69 Å². The summed E-state index contributed by atoms with van der Waals surface area (Å²) >= 11 is 0. The number of carbonyl (C=O) groups is 1. The number of hydrogen-bond acceptors (Lipinski definition) is 6. The highest BCUT2D eigenvalue weighted by atomic mass is 19.1. The average molecular weight is 399 g/mol. The van der Waals surface area contributed by atoms with Gasteiger partial charge in [-0.05, 0) is 42.7 Å². The minimum absolute atomic E-state index is 0.0162. The molecule has 1 N–H and O–H groups in total. The van der Waals surface area contributed by atoms with E-state index in [-0.39, 0.29) is 17.5 Å². The molecule has 1 aliphatic heterocycles. The topological polar surface area (TPSA) is 84.7 Å². The standard InChI is InChI=1S/C21H22FN3O4/c1-29-21(26)9-7-15-6-8-19(20(14-15)25(27)28)24-12-10-16(11-13-24)23-18-5-3-2-4-17(18)22/h2-9,14,16,23H,10-13H2,1H3/b9-7+. The van der Waals surface area contributed by atoms with Crippen molar-refractivity contribution in [2.45, 2.75) is 18.9 Å². The first-order valence-corrected chi connectivity index (χ1v) is 9.28. The van der Waals surface area contributed by atoms with Gasteiger partial charge in [0.05, 0.1) is 17.7 Å². The SMILES string of the molecule is COC(=O)/C=C/c1ccc(N2CCC(Nc3ccccc3F)CC2)c([N+](=O)[O-])c1. The predicted molar refractivity (Wildman–Crippen MR) is 109 cm³/mol. The molecule has 0 bridgehead atoms. The number of nitrogens with zero attached hydrogens (tertiary/aromatic N) is 2. The summed E-state index contributed by atoms with van der Waals surface area (Å²) in [7, 11) is 1.27. The van der Waals surface area contributed by atoms with Gasteiger partial charge < -0.3 is 15.0 Å². The van der Waals surface area contributed by atoms with Crippen LogP contribution in [0.4, 0.5) is 21.5 Å². The zero-order valence-electron chi connectivity index (χ0n) is 16.0. The number of rotatable bonds is 6. The monoisotopic (exact) mass is 399 g/mol. The van der Waals surface area contributed by atoms with Crippen molar-refractivity contribution in [2.24, 2.45) is 0 Å². The molecule has 7 nitrogen and oxygen atoms in total. The quantitative estimate of drug-likeness (QED) is 0.342. The summed E-state index contributed by atoms with van der Waals surface area (Å²) in [5.41, 5.74) is 1.53. The summed E-state index contributed by atoms with van der Waals surface area (Å²) in [6.07, 6.45) is 4.16. The molecule has 0 aromatic heterocycles. The number of anilines is 2. The molecule has 3 rings (SSSR count). The van der Waals surface area contributed by atoms with E-state index in [1.807, 2.05) is 4.90 Å². The van der Waals surface area contributed by atoms with Crippen LogP contribution in [0.1, 0.15) is 18.4 Å². The number of halogens is 1. The van der Waals surface area contributed by atoms with Gasteiger partial charge in [-0.15, -0.1) is 0 Å². The fraction of sp³-hybridized carbons (Fsp3) is 0.286. The third-order valence-corrected chi connectivity index (χ3v) is 4.88. The van der Waals surface area contributed by atoms with E-state index in [0.717, 1.165) is 12.8 Å². The largest absolute Gasteiger partial charge is 0.466 e. The van der Waals surface area contributed by atoms with Crippen molar-refractivity contribution in [1.82, 2.24) is 0 Å². The molecule has 2 aromatic rings. The van der Waals surface area contributed by atoms with Crippen LogP contribution in [0.2, 0.25) is 0 Å². The van der Waals surface area contributed by atoms with Crippen LogP contribution in [0.25, 0.3) is 6.08 Å². The third-order valence-electron chi connectivity index (χ3n) is 4.88. The Hall–Kier alpha value is -3.42. The normalized spacial score (nSPS) is 14.8. The number of hydrogen-bond donors (Lipinski definition) is 1. The lowest BCUT2D eigenvalue weighted by Gasteiger charge is -2.34. The molecule has 0 amide bonds. The van der Waals surface area contributed by atoms with Gasteiger partial charge in [-0.2, -0.15) is 0 Å². The maximum absolute atomic E-state index is 13.8. The summed E-state index contributed by atoms with van der Waals surface area (Å²) in [5, 5.41) is 14.8. The Labute approximate surface area is 167 Å². The van der Waals surface area contributed by atoms with E-state index in [2.05, 4.69) is 10.1 Å². The molecule has 152 valence electrons. The Morgan fingerprint density at radius 2 is 2.00 bits per heavy atom. The molecule has 8 heteroatoms. The van der Waals surface area contributed by atoms with Crippen LogP contribution in [-0.4, -0.2) is 37.1 Å². The zero-order valence-corrected chi connectivity index (χ0v) is 16.0. The minimum atomic E-state index is -0.527. The lowest BCUT2D eigenvalue weighted by molar-refractivity contribution is -0.384. The van der Waals surface area contributed by atoms with Crippen LogP contribution in [0.15, 0.2) is 48.5 Å². The Bertz CT molecular complexity index is 924. The smallest absolute Gasteiger partial charge is 0.330 e. The molecule has 2 aromatic carbocycles. The zero-order chi connectivity index (χ0) is 20.8. The van der Waals surface area contributed by atoms with Crippen LogP contribution >= 0.6 is 0 Å². The van der Waals surface area contributed by atoms with Crippen LogP contribution in [0, 0.1) is 15.9 Å². The van der Waals surface area contributed by atoms with Crippen molar-refractivity contribution in [3.63, 3.8) is 0 Å². The molecule has 1 fully saturated rings. The first-order valence-electron chi connectivity index (χ1n) is 9.28. The molecule has 0 radical (unpaired) electrons. The van der Waals surface area contributed by atoms with Gasteiger partial charge in [0.2, 0.25) is 0 Å². The van der Waals surface area contributed by atoms with Gasteiger partial charge in [-0.1, -0.05) is 18.2 Å². The lowest BCUT2D eigenvalue weighted by atomic mass is 10.0. The predicted octanol–water partition coefficient (Wildman–Crippen LogP) is 4.00. The van der Waals surface area contributed by atoms with E-state index < -0.39 is 10.9 Å². The Kier molecular flexibility index (Phi) is 6.43. The molecule has 1 saturated heterocycles. The highest BCUT2D eigenvalue weighted by Gasteiger charge is 2.25. The second-order valence-corrected chi connectivity index (χ2v) is 6.75. The number of nitro benzene ring substituents is 1. The fourth-order valence-corrected chi connectivity index (χ4v) is 3.35. The molecule has 0 spiro atoms. The highest BCUT2D eigenvalue weighted by molar-refractivity contribution is 5.87. The number of methoxy groups -OCH3 is 1. The van der Waals surface area contributed by atoms with E-state index in [1.54, 1.807) is 30.3 Å². The number of piperidine rings is 1. The second kappa shape index (κ2) is 9.18. The number of carbonyl (C=O) groups excluding carboxylic acids is 1. The van der Waals surface area contributed by atoms with Gasteiger partial charge in [0.15, 0.2) is 0 Å². The van der Waals surface area contributed by atoms with E-state index in [9.17, 15) is 19.3 Å². The molecule has 1 heterocycles. The second-order valence-electron chi connectivity index (χ2n) is 6.75. The fourth-order valence-electron chi connectivity index (χ4n) is 3.35. The summed E-state index contributed by atoms with van der Waals surface area (Å²) in [6.45, 7) is 1.23. The summed E-state index contributed by atoms with van der Waals surface area (Å²) in [6, 6.07) is 11.5.